The first-order chi connectivity index (χ1) is 16.3. The summed E-state index contributed by atoms with van der Waals surface area (Å²) in [5.41, 5.74) is 0.999. The molecule has 0 fully saturated rings. The molecule has 35 heavy (non-hydrogen) atoms. The monoisotopic (exact) mass is 479 g/mol. The van der Waals surface area contributed by atoms with Gasteiger partial charge in [-0.25, -0.2) is 14.4 Å². The van der Waals surface area contributed by atoms with Gasteiger partial charge in [-0.1, -0.05) is 6.07 Å². The summed E-state index contributed by atoms with van der Waals surface area (Å²) in [6.07, 6.45) is -0.0121. The second-order valence-electron chi connectivity index (χ2n) is 10.2. The van der Waals surface area contributed by atoms with E-state index in [1.165, 1.54) is 7.11 Å². The van der Waals surface area contributed by atoms with Crippen LogP contribution in [0.3, 0.4) is 0 Å². The van der Waals surface area contributed by atoms with Crippen molar-refractivity contribution < 1.29 is 28.6 Å². The van der Waals surface area contributed by atoms with Crippen molar-refractivity contribution in [3.05, 3.63) is 42.1 Å². The molecule has 2 aromatic carbocycles. The quantitative estimate of drug-likeness (QED) is 0.259. The fraction of sp³-hybridized carbons (Fsp3) is 0.346. The maximum Gasteiger partial charge on any atom is 0.424 e. The van der Waals surface area contributed by atoms with Crippen LogP contribution in [0.15, 0.2) is 36.5 Å². The van der Waals surface area contributed by atoms with Crippen molar-refractivity contribution in [3.63, 3.8) is 0 Å². The summed E-state index contributed by atoms with van der Waals surface area (Å²) in [7, 11) is 1.32. The van der Waals surface area contributed by atoms with Crippen molar-refractivity contribution in [2.45, 2.75) is 52.7 Å². The van der Waals surface area contributed by atoms with Crippen molar-refractivity contribution in [3.8, 4) is 0 Å². The molecule has 9 heteroatoms. The molecular formula is C26H29N3O6. The highest BCUT2D eigenvalue weighted by Gasteiger charge is 2.34. The number of rotatable bonds is 2. The Morgan fingerprint density at radius 3 is 2.06 bits per heavy atom. The van der Waals surface area contributed by atoms with Gasteiger partial charge >= 0.3 is 18.2 Å². The van der Waals surface area contributed by atoms with E-state index < -0.39 is 29.4 Å². The first-order valence-corrected chi connectivity index (χ1v) is 11.2. The highest BCUT2D eigenvalue weighted by molar-refractivity contribution is 6.26. The number of H-pyrrole nitrogens is 2. The highest BCUT2D eigenvalue weighted by atomic mass is 16.6. The third-order valence-electron chi connectivity index (χ3n) is 5.22. The number of esters is 1. The Kier molecular flexibility index (Phi) is 5.75. The van der Waals surface area contributed by atoms with Crippen LogP contribution in [0.2, 0.25) is 0 Å². The zero-order valence-corrected chi connectivity index (χ0v) is 20.9. The van der Waals surface area contributed by atoms with Gasteiger partial charge < -0.3 is 24.2 Å². The van der Waals surface area contributed by atoms with Crippen LogP contribution in [0.4, 0.5) is 15.3 Å². The third-order valence-corrected chi connectivity index (χ3v) is 5.22. The molecule has 2 aromatic heterocycles. The lowest BCUT2D eigenvalue weighted by molar-refractivity contribution is 0.0430. The average Bonchev–Trinajstić information content (AvgIpc) is 3.35. The number of fused-ring (bicyclic) bond motifs is 5. The zero-order valence-electron chi connectivity index (χ0n) is 20.9. The van der Waals surface area contributed by atoms with Crippen molar-refractivity contribution in [1.82, 2.24) is 9.97 Å². The molecule has 2 N–H and O–H groups in total. The third kappa shape index (κ3) is 4.53. The van der Waals surface area contributed by atoms with Crippen molar-refractivity contribution in [2.24, 2.45) is 0 Å². The number of hydrogen-bond acceptors (Lipinski definition) is 6. The van der Waals surface area contributed by atoms with Gasteiger partial charge in [0.15, 0.2) is 0 Å². The molecule has 184 valence electrons. The van der Waals surface area contributed by atoms with Gasteiger partial charge in [0.05, 0.1) is 29.4 Å². The summed E-state index contributed by atoms with van der Waals surface area (Å²) in [5.74, 6) is -0.500. The van der Waals surface area contributed by atoms with E-state index in [9.17, 15) is 14.4 Å². The molecule has 0 aliphatic carbocycles. The Labute approximate surface area is 202 Å². The number of carbonyl (C=O) groups is 3. The van der Waals surface area contributed by atoms with Crippen LogP contribution in [-0.2, 0) is 14.2 Å². The smallest absolute Gasteiger partial charge is 0.424 e. The van der Waals surface area contributed by atoms with Crippen LogP contribution < -0.4 is 4.90 Å². The van der Waals surface area contributed by atoms with E-state index in [1.807, 2.05) is 6.07 Å². The molecule has 4 rings (SSSR count). The minimum atomic E-state index is -0.872. The highest BCUT2D eigenvalue weighted by Crippen LogP contribution is 2.39. The van der Waals surface area contributed by atoms with Gasteiger partial charge in [-0.3, -0.25) is 0 Å². The number of nitrogens with one attached hydrogen (secondary N) is 2. The predicted octanol–water partition coefficient (Wildman–Crippen LogP) is 6.27. The summed E-state index contributed by atoms with van der Waals surface area (Å²) < 4.78 is 16.1. The molecule has 0 spiro atoms. The standard InChI is InChI=1S/C26H29N3O6/c1-25(2,3)34-23(31)29(24(32)35-26(4,5)6)18-10-8-9-17-19(18)16-13-15(22(30)33-7)14-11-12-27-20(14)21(16)28-17/h8-13,27-28H,1-7H3. The van der Waals surface area contributed by atoms with Crippen molar-refractivity contribution in [2.75, 3.05) is 12.0 Å². The minimum Gasteiger partial charge on any atom is -0.465 e. The van der Waals surface area contributed by atoms with Gasteiger partial charge in [-0.05, 0) is 65.8 Å². The minimum absolute atomic E-state index is 0.263. The molecule has 0 radical (unpaired) electrons. The number of imide groups is 1. The lowest BCUT2D eigenvalue weighted by Crippen LogP contribution is -2.43. The van der Waals surface area contributed by atoms with Gasteiger partial charge in [0.25, 0.3) is 0 Å². The van der Waals surface area contributed by atoms with E-state index in [0.717, 1.165) is 4.90 Å². The van der Waals surface area contributed by atoms with Crippen LogP contribution in [0.25, 0.3) is 32.7 Å². The van der Waals surface area contributed by atoms with Crippen LogP contribution in [0, 0.1) is 0 Å². The largest absolute Gasteiger partial charge is 0.465 e. The first kappa shape index (κ1) is 24.1. The van der Waals surface area contributed by atoms with Crippen LogP contribution in [0.5, 0.6) is 0 Å². The first-order valence-electron chi connectivity index (χ1n) is 11.2. The molecule has 0 atom stereocenters. The SMILES string of the molecule is COC(=O)c1cc2c([nH]c3cccc(N(C(=O)OC(C)(C)C)C(=O)OC(C)(C)C)c32)c2[nH]ccc12. The second-order valence-corrected chi connectivity index (χ2v) is 10.2. The van der Waals surface area contributed by atoms with Crippen molar-refractivity contribution >= 4 is 56.6 Å². The fourth-order valence-corrected chi connectivity index (χ4v) is 3.97. The predicted molar refractivity (Wildman–Crippen MR) is 134 cm³/mol. The van der Waals surface area contributed by atoms with Gasteiger partial charge in [-0.2, -0.15) is 4.90 Å². The molecule has 2 amide bonds. The molecule has 0 aliphatic heterocycles. The van der Waals surface area contributed by atoms with Gasteiger partial charge in [0, 0.05) is 27.9 Å². The molecule has 0 bridgehead atoms. The summed E-state index contributed by atoms with van der Waals surface area (Å²) in [6, 6.07) is 8.68. The number of benzene rings is 2. The van der Waals surface area contributed by atoms with E-state index in [4.69, 9.17) is 14.2 Å². The van der Waals surface area contributed by atoms with E-state index in [2.05, 4.69) is 9.97 Å². The second kappa shape index (κ2) is 8.33. The number of ether oxygens (including phenoxy) is 3. The number of aromatic amines is 2. The Bertz CT molecular complexity index is 1440. The van der Waals surface area contributed by atoms with E-state index >= 15 is 0 Å². The Morgan fingerprint density at radius 2 is 1.49 bits per heavy atom. The molecule has 2 heterocycles. The number of anilines is 1. The molecule has 9 nitrogen and oxygen atoms in total. The molecule has 0 saturated heterocycles. The van der Waals surface area contributed by atoms with Gasteiger partial charge in [0.1, 0.15) is 11.2 Å². The fourth-order valence-electron chi connectivity index (χ4n) is 3.97. The van der Waals surface area contributed by atoms with Crippen molar-refractivity contribution in [1.29, 1.82) is 0 Å². The zero-order chi connectivity index (χ0) is 25.7. The molecule has 4 aromatic rings. The lowest BCUT2D eigenvalue weighted by Gasteiger charge is -2.29. The maximum absolute atomic E-state index is 13.3. The summed E-state index contributed by atoms with van der Waals surface area (Å²) >= 11 is 0. The van der Waals surface area contributed by atoms with Gasteiger partial charge in [0.2, 0.25) is 0 Å². The number of methoxy groups -OCH3 is 1. The number of aromatic nitrogens is 2. The molecular weight excluding hydrogens is 450 g/mol. The summed E-state index contributed by atoms with van der Waals surface area (Å²) in [6.45, 7) is 10.3. The number of nitrogens with zero attached hydrogens (tertiary/aromatic N) is 1. The van der Waals surface area contributed by atoms with E-state index in [0.29, 0.717) is 38.3 Å². The Hall–Kier alpha value is -4.01. The summed E-state index contributed by atoms with van der Waals surface area (Å²) in [5, 5.41) is 1.87. The molecule has 0 aliphatic rings. The molecule has 0 unspecified atom stereocenters. The normalized spacial score (nSPS) is 12.2. The topological polar surface area (TPSA) is 114 Å². The lowest BCUT2D eigenvalue weighted by atomic mass is 10.0. The Balaban J connectivity index is 2.03. The average molecular weight is 480 g/mol. The molecule has 0 saturated carbocycles. The number of amides is 2. The number of carbonyl (C=O) groups excluding carboxylic acids is 3. The van der Waals surface area contributed by atoms with Gasteiger partial charge in [-0.15, -0.1) is 0 Å². The van der Waals surface area contributed by atoms with Crippen LogP contribution >= 0.6 is 0 Å². The van der Waals surface area contributed by atoms with E-state index in [-0.39, 0.29) is 5.69 Å². The summed E-state index contributed by atoms with van der Waals surface area (Å²) in [4.78, 5) is 46.6. The number of hydrogen-bond donors (Lipinski definition) is 2. The Morgan fingerprint density at radius 1 is 0.857 bits per heavy atom. The van der Waals surface area contributed by atoms with E-state index in [1.54, 1.807) is 72.0 Å². The maximum atomic E-state index is 13.3. The van der Waals surface area contributed by atoms with Crippen LogP contribution in [-0.4, -0.2) is 46.4 Å². The van der Waals surface area contributed by atoms with Crippen LogP contribution in [0.1, 0.15) is 51.9 Å².